The summed E-state index contributed by atoms with van der Waals surface area (Å²) < 4.78 is 0. The SMILES string of the molecule is CSCc1ccccc1C1CCNCC1. The quantitative estimate of drug-likeness (QED) is 0.842. The first kappa shape index (κ1) is 11.0. The lowest BCUT2D eigenvalue weighted by molar-refractivity contribution is 0.459. The normalized spacial score (nSPS) is 17.9. The Morgan fingerprint density at radius 2 is 2.00 bits per heavy atom. The molecule has 1 saturated heterocycles. The third-order valence-corrected chi connectivity index (χ3v) is 3.73. The van der Waals surface area contributed by atoms with Gasteiger partial charge in [-0.15, -0.1) is 0 Å². The van der Waals surface area contributed by atoms with Crippen molar-refractivity contribution in [2.75, 3.05) is 19.3 Å². The standard InChI is InChI=1S/C13H19NS/c1-15-10-12-4-2-3-5-13(12)11-6-8-14-9-7-11/h2-5,11,14H,6-10H2,1H3. The van der Waals surface area contributed by atoms with Gasteiger partial charge in [-0.05, 0) is 49.2 Å². The fourth-order valence-electron chi connectivity index (χ4n) is 2.35. The maximum absolute atomic E-state index is 3.43. The number of benzene rings is 1. The molecule has 1 heterocycles. The maximum Gasteiger partial charge on any atom is 0.0184 e. The van der Waals surface area contributed by atoms with Crippen LogP contribution in [0.4, 0.5) is 0 Å². The van der Waals surface area contributed by atoms with Crippen LogP contribution >= 0.6 is 11.8 Å². The molecule has 0 amide bonds. The summed E-state index contributed by atoms with van der Waals surface area (Å²) >= 11 is 1.92. The van der Waals surface area contributed by atoms with Gasteiger partial charge in [-0.1, -0.05) is 24.3 Å². The Morgan fingerprint density at radius 3 is 2.73 bits per heavy atom. The fraction of sp³-hybridized carbons (Fsp3) is 0.538. The summed E-state index contributed by atoms with van der Waals surface area (Å²) in [6, 6.07) is 8.95. The molecule has 2 heteroatoms. The second-order valence-corrected chi connectivity index (χ2v) is 5.02. The predicted molar refractivity (Wildman–Crippen MR) is 68.5 cm³/mol. The molecule has 1 aliphatic heterocycles. The molecule has 1 N–H and O–H groups in total. The molecule has 0 spiro atoms. The molecule has 0 atom stereocenters. The molecule has 1 aliphatic rings. The molecule has 1 fully saturated rings. The van der Waals surface area contributed by atoms with Crippen molar-refractivity contribution in [3.05, 3.63) is 35.4 Å². The van der Waals surface area contributed by atoms with E-state index >= 15 is 0 Å². The van der Waals surface area contributed by atoms with Crippen molar-refractivity contribution in [2.45, 2.75) is 24.5 Å². The van der Waals surface area contributed by atoms with Crippen molar-refractivity contribution < 1.29 is 0 Å². The minimum Gasteiger partial charge on any atom is -0.317 e. The molecule has 2 rings (SSSR count). The van der Waals surface area contributed by atoms with Gasteiger partial charge in [-0.2, -0.15) is 11.8 Å². The fourth-order valence-corrected chi connectivity index (χ4v) is 2.93. The maximum atomic E-state index is 3.43. The van der Waals surface area contributed by atoms with Gasteiger partial charge in [-0.3, -0.25) is 0 Å². The van der Waals surface area contributed by atoms with Gasteiger partial charge in [0.05, 0.1) is 0 Å². The van der Waals surface area contributed by atoms with Gasteiger partial charge in [0, 0.05) is 5.75 Å². The van der Waals surface area contributed by atoms with Gasteiger partial charge in [0.25, 0.3) is 0 Å². The summed E-state index contributed by atoms with van der Waals surface area (Å²) in [6.07, 6.45) is 4.77. The van der Waals surface area contributed by atoms with Crippen LogP contribution in [0.2, 0.25) is 0 Å². The van der Waals surface area contributed by atoms with Crippen LogP contribution in [-0.2, 0) is 5.75 Å². The van der Waals surface area contributed by atoms with Gasteiger partial charge >= 0.3 is 0 Å². The molecule has 0 bridgehead atoms. The lowest BCUT2D eigenvalue weighted by Gasteiger charge is -2.25. The summed E-state index contributed by atoms with van der Waals surface area (Å²) in [5.41, 5.74) is 3.13. The van der Waals surface area contributed by atoms with E-state index in [4.69, 9.17) is 0 Å². The molecular formula is C13H19NS. The summed E-state index contributed by atoms with van der Waals surface area (Å²) in [5.74, 6) is 1.94. The van der Waals surface area contributed by atoms with Crippen LogP contribution in [0.3, 0.4) is 0 Å². The minimum atomic E-state index is 0.787. The lowest BCUT2D eigenvalue weighted by atomic mass is 9.87. The van der Waals surface area contributed by atoms with Crippen LogP contribution in [-0.4, -0.2) is 19.3 Å². The lowest BCUT2D eigenvalue weighted by Crippen LogP contribution is -2.27. The molecule has 0 unspecified atom stereocenters. The van der Waals surface area contributed by atoms with Crippen molar-refractivity contribution >= 4 is 11.8 Å². The first-order chi connectivity index (χ1) is 7.42. The molecule has 82 valence electrons. The zero-order chi connectivity index (χ0) is 10.5. The minimum absolute atomic E-state index is 0.787. The molecule has 0 radical (unpaired) electrons. The van der Waals surface area contributed by atoms with Crippen molar-refractivity contribution in [1.29, 1.82) is 0 Å². The Morgan fingerprint density at radius 1 is 1.27 bits per heavy atom. The number of thioether (sulfide) groups is 1. The summed E-state index contributed by atoms with van der Waals surface area (Å²) in [5, 5.41) is 3.43. The topological polar surface area (TPSA) is 12.0 Å². The third kappa shape index (κ3) is 2.76. The monoisotopic (exact) mass is 221 g/mol. The second kappa shape index (κ2) is 5.57. The number of hydrogen-bond donors (Lipinski definition) is 1. The van der Waals surface area contributed by atoms with Crippen LogP contribution in [0.15, 0.2) is 24.3 Å². The first-order valence-corrected chi connectivity index (χ1v) is 7.08. The molecule has 0 aromatic heterocycles. The van der Waals surface area contributed by atoms with Gasteiger partial charge < -0.3 is 5.32 Å². The van der Waals surface area contributed by atoms with Crippen molar-refractivity contribution in [3.8, 4) is 0 Å². The summed E-state index contributed by atoms with van der Waals surface area (Å²) in [7, 11) is 0. The van der Waals surface area contributed by atoms with E-state index < -0.39 is 0 Å². The molecule has 1 nitrogen and oxygen atoms in total. The molecule has 1 aromatic rings. The largest absolute Gasteiger partial charge is 0.317 e. The van der Waals surface area contributed by atoms with E-state index in [1.165, 1.54) is 31.5 Å². The Labute approximate surface area is 96.7 Å². The predicted octanol–water partition coefficient (Wildman–Crippen LogP) is 3.02. The number of hydrogen-bond acceptors (Lipinski definition) is 2. The van der Waals surface area contributed by atoms with E-state index in [-0.39, 0.29) is 0 Å². The average molecular weight is 221 g/mol. The third-order valence-electron chi connectivity index (χ3n) is 3.13. The summed E-state index contributed by atoms with van der Waals surface area (Å²) in [4.78, 5) is 0. The molecule has 1 aromatic carbocycles. The van der Waals surface area contributed by atoms with E-state index in [2.05, 4.69) is 35.8 Å². The zero-order valence-electron chi connectivity index (χ0n) is 9.33. The van der Waals surface area contributed by atoms with Gasteiger partial charge in [0.2, 0.25) is 0 Å². The van der Waals surface area contributed by atoms with E-state index in [9.17, 15) is 0 Å². The molecule has 15 heavy (non-hydrogen) atoms. The van der Waals surface area contributed by atoms with Crippen LogP contribution in [0, 0.1) is 0 Å². The molecule has 0 aliphatic carbocycles. The number of rotatable bonds is 3. The molecule has 0 saturated carbocycles. The van der Waals surface area contributed by atoms with Crippen molar-refractivity contribution in [2.24, 2.45) is 0 Å². The van der Waals surface area contributed by atoms with E-state index in [0.717, 1.165) is 11.7 Å². The van der Waals surface area contributed by atoms with Gasteiger partial charge in [0.1, 0.15) is 0 Å². The number of piperidine rings is 1. The first-order valence-electron chi connectivity index (χ1n) is 5.69. The Hall–Kier alpha value is -0.470. The summed E-state index contributed by atoms with van der Waals surface area (Å²) in [6.45, 7) is 2.36. The van der Waals surface area contributed by atoms with Crippen molar-refractivity contribution in [3.63, 3.8) is 0 Å². The van der Waals surface area contributed by atoms with Crippen LogP contribution in [0.1, 0.15) is 29.9 Å². The van der Waals surface area contributed by atoms with E-state index in [1.54, 1.807) is 5.56 Å². The molecular weight excluding hydrogens is 202 g/mol. The Bertz CT molecular complexity index is 305. The highest BCUT2D eigenvalue weighted by Crippen LogP contribution is 2.29. The Kier molecular flexibility index (Phi) is 4.09. The van der Waals surface area contributed by atoms with E-state index in [1.807, 2.05) is 11.8 Å². The van der Waals surface area contributed by atoms with Gasteiger partial charge in [0.15, 0.2) is 0 Å². The van der Waals surface area contributed by atoms with Crippen LogP contribution in [0.25, 0.3) is 0 Å². The second-order valence-electron chi connectivity index (χ2n) is 4.16. The Balaban J connectivity index is 2.17. The van der Waals surface area contributed by atoms with Crippen molar-refractivity contribution in [1.82, 2.24) is 5.32 Å². The van der Waals surface area contributed by atoms with Crippen LogP contribution < -0.4 is 5.32 Å². The highest BCUT2D eigenvalue weighted by atomic mass is 32.2. The van der Waals surface area contributed by atoms with Gasteiger partial charge in [-0.25, -0.2) is 0 Å². The number of nitrogens with one attached hydrogen (secondary N) is 1. The van der Waals surface area contributed by atoms with E-state index in [0.29, 0.717) is 0 Å². The highest BCUT2D eigenvalue weighted by Gasteiger charge is 2.17. The van der Waals surface area contributed by atoms with Crippen LogP contribution in [0.5, 0.6) is 0 Å². The smallest absolute Gasteiger partial charge is 0.0184 e. The zero-order valence-corrected chi connectivity index (χ0v) is 10.1. The average Bonchev–Trinajstić information content (AvgIpc) is 2.31. The highest BCUT2D eigenvalue weighted by molar-refractivity contribution is 7.97.